The molecule has 0 spiro atoms. The van der Waals surface area contributed by atoms with Crippen molar-refractivity contribution in [1.29, 1.82) is 0 Å². The highest BCUT2D eigenvalue weighted by Crippen LogP contribution is 2.33. The molecule has 0 saturated carbocycles. The third kappa shape index (κ3) is 4.06. The van der Waals surface area contributed by atoms with Crippen LogP contribution in [-0.4, -0.2) is 15.9 Å². The Labute approximate surface area is 204 Å². The Balaban J connectivity index is 1.36. The average Bonchev–Trinajstić information content (AvgIpc) is 3.56. The lowest BCUT2D eigenvalue weighted by Crippen LogP contribution is -2.31. The summed E-state index contributed by atoms with van der Waals surface area (Å²) in [5, 5.41) is 1.02. The first-order valence-corrected chi connectivity index (χ1v) is 11.8. The SMILES string of the molecule is O=C(c1cnc2ccccc2n1)N(Cc1ccc(-c2ccc3occc3c2)s1)c1ccccc1F. The van der Waals surface area contributed by atoms with Crippen LogP contribution in [0.5, 0.6) is 0 Å². The second-order valence-electron chi connectivity index (χ2n) is 8.03. The number of fused-ring (bicyclic) bond motifs is 2. The van der Waals surface area contributed by atoms with Gasteiger partial charge >= 0.3 is 0 Å². The fourth-order valence-electron chi connectivity index (χ4n) is 4.03. The number of para-hydroxylation sites is 3. The fourth-order valence-corrected chi connectivity index (χ4v) is 5.02. The molecule has 0 bridgehead atoms. The van der Waals surface area contributed by atoms with E-state index in [2.05, 4.69) is 16.0 Å². The number of anilines is 1. The van der Waals surface area contributed by atoms with Crippen molar-refractivity contribution < 1.29 is 13.6 Å². The van der Waals surface area contributed by atoms with E-state index in [0.29, 0.717) is 11.0 Å². The van der Waals surface area contributed by atoms with Gasteiger partial charge in [-0.05, 0) is 66.2 Å². The minimum atomic E-state index is -0.475. The molecule has 3 aromatic heterocycles. The summed E-state index contributed by atoms with van der Waals surface area (Å²) in [6.07, 6.45) is 3.11. The van der Waals surface area contributed by atoms with Crippen molar-refractivity contribution in [2.75, 3.05) is 4.90 Å². The first-order chi connectivity index (χ1) is 17.2. The Morgan fingerprint density at radius 3 is 2.66 bits per heavy atom. The lowest BCUT2D eigenvalue weighted by atomic mass is 10.1. The largest absolute Gasteiger partial charge is 0.464 e. The van der Waals surface area contributed by atoms with Gasteiger partial charge in [0.1, 0.15) is 17.1 Å². The van der Waals surface area contributed by atoms with E-state index in [-0.39, 0.29) is 17.9 Å². The number of carbonyl (C=O) groups is 1. The van der Waals surface area contributed by atoms with Crippen molar-refractivity contribution in [2.24, 2.45) is 0 Å². The number of benzene rings is 3. The monoisotopic (exact) mass is 479 g/mol. The minimum Gasteiger partial charge on any atom is -0.464 e. The van der Waals surface area contributed by atoms with Crippen LogP contribution in [0.1, 0.15) is 15.4 Å². The molecule has 0 aliphatic carbocycles. The topological polar surface area (TPSA) is 59.2 Å². The molecule has 5 nitrogen and oxygen atoms in total. The molecule has 7 heteroatoms. The van der Waals surface area contributed by atoms with E-state index >= 15 is 0 Å². The van der Waals surface area contributed by atoms with Crippen molar-refractivity contribution in [3.63, 3.8) is 0 Å². The third-order valence-corrected chi connectivity index (χ3v) is 6.89. The van der Waals surface area contributed by atoms with Gasteiger partial charge in [-0.25, -0.2) is 9.37 Å². The van der Waals surface area contributed by atoms with Gasteiger partial charge in [-0.3, -0.25) is 14.7 Å². The van der Waals surface area contributed by atoms with Crippen LogP contribution >= 0.6 is 11.3 Å². The Morgan fingerprint density at radius 2 is 1.77 bits per heavy atom. The fraction of sp³-hybridized carbons (Fsp3) is 0.0357. The molecular formula is C28H18FN3O2S. The molecule has 35 heavy (non-hydrogen) atoms. The minimum absolute atomic E-state index is 0.161. The number of thiophene rings is 1. The van der Waals surface area contributed by atoms with Gasteiger partial charge in [-0.15, -0.1) is 11.3 Å². The maximum atomic E-state index is 14.8. The molecule has 0 radical (unpaired) electrons. The van der Waals surface area contributed by atoms with Gasteiger partial charge in [-0.2, -0.15) is 0 Å². The Hall–Kier alpha value is -4.36. The molecule has 6 rings (SSSR count). The molecule has 170 valence electrons. The smallest absolute Gasteiger partial charge is 0.278 e. The van der Waals surface area contributed by atoms with Crippen LogP contribution in [0, 0.1) is 5.82 Å². The summed E-state index contributed by atoms with van der Waals surface area (Å²) in [4.78, 5) is 25.8. The van der Waals surface area contributed by atoms with Gasteiger partial charge in [-0.1, -0.05) is 24.3 Å². The predicted molar refractivity (Wildman–Crippen MR) is 136 cm³/mol. The zero-order valence-corrected chi connectivity index (χ0v) is 19.2. The first-order valence-electron chi connectivity index (χ1n) is 11.0. The summed E-state index contributed by atoms with van der Waals surface area (Å²) in [5.41, 5.74) is 3.55. The molecule has 1 amide bonds. The van der Waals surface area contributed by atoms with Crippen LogP contribution in [0.15, 0.2) is 102 Å². The van der Waals surface area contributed by atoms with E-state index in [1.165, 1.54) is 17.2 Å². The van der Waals surface area contributed by atoms with E-state index < -0.39 is 11.7 Å². The van der Waals surface area contributed by atoms with Crippen LogP contribution in [-0.2, 0) is 6.54 Å². The van der Waals surface area contributed by atoms with Crippen LogP contribution in [0.2, 0.25) is 0 Å². The number of carbonyl (C=O) groups excluding carboxylic acids is 1. The quantitative estimate of drug-likeness (QED) is 0.265. The second kappa shape index (κ2) is 8.77. The van der Waals surface area contributed by atoms with Crippen molar-refractivity contribution >= 4 is 44.9 Å². The highest BCUT2D eigenvalue weighted by Gasteiger charge is 2.23. The second-order valence-corrected chi connectivity index (χ2v) is 9.19. The van der Waals surface area contributed by atoms with E-state index in [1.807, 2.05) is 48.5 Å². The summed E-state index contributed by atoms with van der Waals surface area (Å²) in [7, 11) is 0. The number of furan rings is 1. The Kier molecular flexibility index (Phi) is 5.31. The zero-order valence-electron chi connectivity index (χ0n) is 18.4. The van der Waals surface area contributed by atoms with Crippen molar-refractivity contribution in [2.45, 2.75) is 6.54 Å². The molecule has 0 aliphatic heterocycles. The average molecular weight is 480 g/mol. The van der Waals surface area contributed by atoms with Crippen LogP contribution in [0.3, 0.4) is 0 Å². The lowest BCUT2D eigenvalue weighted by molar-refractivity contribution is 0.0979. The number of rotatable bonds is 5. The summed E-state index contributed by atoms with van der Waals surface area (Å²) in [6.45, 7) is 0.201. The Morgan fingerprint density at radius 1 is 0.943 bits per heavy atom. The van der Waals surface area contributed by atoms with Crippen LogP contribution < -0.4 is 4.90 Å². The normalized spacial score (nSPS) is 11.2. The standard InChI is InChI=1S/C28H18FN3O2S/c29-21-5-1-4-8-25(21)32(28(33)24-16-30-22-6-2-3-7-23(22)31-24)17-20-10-12-27(35-20)19-9-11-26-18(15-19)13-14-34-26/h1-16H,17H2. The molecule has 0 saturated heterocycles. The van der Waals surface area contributed by atoms with Gasteiger partial charge in [0.2, 0.25) is 0 Å². The van der Waals surface area contributed by atoms with E-state index in [0.717, 1.165) is 26.3 Å². The number of aromatic nitrogens is 2. The summed E-state index contributed by atoms with van der Waals surface area (Å²) in [5.74, 6) is -0.889. The number of hydrogen-bond donors (Lipinski definition) is 0. The molecular weight excluding hydrogens is 461 g/mol. The summed E-state index contributed by atoms with van der Waals surface area (Å²) in [6, 6.07) is 25.5. The number of amides is 1. The molecule has 0 fully saturated rings. The number of nitrogens with zero attached hydrogens (tertiary/aromatic N) is 3. The van der Waals surface area contributed by atoms with Crippen LogP contribution in [0.4, 0.5) is 10.1 Å². The van der Waals surface area contributed by atoms with Crippen molar-refractivity contribution in [3.05, 3.63) is 114 Å². The molecule has 0 N–H and O–H groups in total. The Bertz CT molecular complexity index is 1690. The molecule has 3 heterocycles. The van der Waals surface area contributed by atoms with Gasteiger partial charge in [0.25, 0.3) is 5.91 Å². The third-order valence-electron chi connectivity index (χ3n) is 5.77. The van der Waals surface area contributed by atoms with E-state index in [1.54, 1.807) is 41.9 Å². The first kappa shape index (κ1) is 21.2. The van der Waals surface area contributed by atoms with E-state index in [4.69, 9.17) is 4.42 Å². The van der Waals surface area contributed by atoms with Crippen molar-refractivity contribution in [3.8, 4) is 10.4 Å². The van der Waals surface area contributed by atoms with Gasteiger partial charge in [0.05, 0.1) is 35.7 Å². The lowest BCUT2D eigenvalue weighted by Gasteiger charge is -2.22. The predicted octanol–water partition coefficient (Wildman–Crippen LogP) is 7.09. The van der Waals surface area contributed by atoms with Crippen LogP contribution in [0.25, 0.3) is 32.4 Å². The highest BCUT2D eigenvalue weighted by atomic mass is 32.1. The maximum absolute atomic E-state index is 14.8. The molecule has 6 aromatic rings. The summed E-state index contributed by atoms with van der Waals surface area (Å²) < 4.78 is 20.3. The molecule has 0 aliphatic rings. The highest BCUT2D eigenvalue weighted by molar-refractivity contribution is 7.15. The van der Waals surface area contributed by atoms with Gasteiger partial charge < -0.3 is 4.42 Å². The van der Waals surface area contributed by atoms with E-state index in [9.17, 15) is 9.18 Å². The zero-order chi connectivity index (χ0) is 23.8. The molecule has 0 unspecified atom stereocenters. The maximum Gasteiger partial charge on any atom is 0.278 e. The van der Waals surface area contributed by atoms with Gasteiger partial charge in [0.15, 0.2) is 0 Å². The van der Waals surface area contributed by atoms with Gasteiger partial charge in [0, 0.05) is 15.1 Å². The van der Waals surface area contributed by atoms with Crippen molar-refractivity contribution in [1.82, 2.24) is 9.97 Å². The molecule has 0 atom stereocenters. The summed E-state index contributed by atoms with van der Waals surface area (Å²) >= 11 is 1.56. The molecule has 3 aromatic carbocycles. The number of hydrogen-bond acceptors (Lipinski definition) is 5. The number of halogens is 1.